The van der Waals surface area contributed by atoms with Crippen LogP contribution in [0.5, 0.6) is 0 Å². The lowest BCUT2D eigenvalue weighted by Crippen LogP contribution is -2.34. The van der Waals surface area contributed by atoms with Crippen LogP contribution in [-0.2, 0) is 9.59 Å². The summed E-state index contributed by atoms with van der Waals surface area (Å²) in [5.41, 5.74) is 4.93. The van der Waals surface area contributed by atoms with Gasteiger partial charge in [-0.1, -0.05) is 251 Å². The molecule has 0 saturated carbocycles. The van der Waals surface area contributed by atoms with E-state index in [1.54, 1.807) is 0 Å². The molecule has 0 radical (unpaired) electrons. The van der Waals surface area contributed by atoms with Gasteiger partial charge in [-0.25, -0.2) is 0 Å². The van der Waals surface area contributed by atoms with Crippen LogP contribution >= 0.6 is 31.9 Å². The van der Waals surface area contributed by atoms with Crippen LogP contribution in [0.1, 0.15) is 244 Å². The Labute approximate surface area is 397 Å². The van der Waals surface area contributed by atoms with Crippen molar-refractivity contribution >= 4 is 66.2 Å². The molecule has 4 nitrogen and oxygen atoms in total. The Morgan fingerprint density at radius 1 is 0.387 bits per heavy atom. The van der Waals surface area contributed by atoms with Crippen LogP contribution in [0.25, 0.3) is 11.1 Å². The van der Waals surface area contributed by atoms with Crippen molar-refractivity contribution in [1.82, 2.24) is 0 Å². The Morgan fingerprint density at radius 2 is 0.645 bits per heavy atom. The van der Waals surface area contributed by atoms with E-state index < -0.39 is 0 Å². The first kappa shape index (κ1) is 52.7. The van der Waals surface area contributed by atoms with E-state index in [-0.39, 0.29) is 11.8 Å². The van der Waals surface area contributed by atoms with Gasteiger partial charge in [-0.05, 0) is 61.8 Å². The van der Waals surface area contributed by atoms with Gasteiger partial charge in [0.1, 0.15) is 0 Å². The monoisotopic (exact) mass is 979 g/mol. The average molecular weight is 981 g/mol. The lowest BCUT2D eigenvalue weighted by Gasteiger charge is -2.25. The van der Waals surface area contributed by atoms with Crippen LogP contribution in [0.3, 0.4) is 0 Å². The van der Waals surface area contributed by atoms with Gasteiger partial charge in [-0.2, -0.15) is 0 Å². The molecule has 0 saturated heterocycles. The molecule has 348 valence electrons. The molecule has 0 aliphatic carbocycles. The predicted molar refractivity (Wildman–Crippen MR) is 277 cm³/mol. The minimum absolute atomic E-state index is 0.00334. The SMILES string of the molecule is CCCCCCCCCC[C@@H](CCCCCCCC)CN1C(=O)/C(=C2/C(=O)N(C[C@H](CCCCCCCC)CCCCCCCCCC)c3cc(Br)ccc32)c2ccc(Br)cc21. The maximum atomic E-state index is 15.1. The Hall–Kier alpha value is -1.92. The third-order valence-corrected chi connectivity index (χ3v) is 14.9. The van der Waals surface area contributed by atoms with Gasteiger partial charge in [0.2, 0.25) is 0 Å². The van der Waals surface area contributed by atoms with Crippen molar-refractivity contribution in [3.63, 3.8) is 0 Å². The van der Waals surface area contributed by atoms with Crippen molar-refractivity contribution in [2.45, 2.75) is 233 Å². The Morgan fingerprint density at radius 3 is 0.919 bits per heavy atom. The number of anilines is 2. The summed E-state index contributed by atoms with van der Waals surface area (Å²) < 4.78 is 1.94. The third-order valence-electron chi connectivity index (χ3n) is 14.0. The largest absolute Gasteiger partial charge is 0.307 e. The highest BCUT2D eigenvalue weighted by molar-refractivity contribution is 9.10. The summed E-state index contributed by atoms with van der Waals surface area (Å²) >= 11 is 7.53. The third kappa shape index (κ3) is 17.5. The number of halogens is 2. The Kier molecular flexibility index (Phi) is 26.4. The van der Waals surface area contributed by atoms with Crippen molar-refractivity contribution in [3.8, 4) is 0 Å². The van der Waals surface area contributed by atoms with Crippen LogP contribution < -0.4 is 9.80 Å². The van der Waals surface area contributed by atoms with Gasteiger partial charge >= 0.3 is 0 Å². The number of unbranched alkanes of at least 4 members (excludes halogenated alkanes) is 24. The number of carbonyl (C=O) groups excluding carboxylic acids is 2. The van der Waals surface area contributed by atoms with Gasteiger partial charge in [0.15, 0.2) is 0 Å². The van der Waals surface area contributed by atoms with Crippen LogP contribution in [0.15, 0.2) is 45.3 Å². The standard InChI is InChI=1S/C56H88Br2N2O2/c1-5-9-13-17-21-23-27-31-35-45(33-29-25-19-15-11-7-3)43-59-51-41-47(57)37-39-49(51)53(55(59)61)54-50-40-38-48(58)42-52(50)60(56(54)62)44-46(34-30-26-20-16-12-8-4)36-32-28-24-22-18-14-10-6-2/h37-42,45-46H,5-36,43-44H2,1-4H3/b54-53+/t45-,46-/m1/s1. The van der Waals surface area contributed by atoms with Gasteiger partial charge < -0.3 is 9.80 Å². The van der Waals surface area contributed by atoms with Crippen LogP contribution in [0, 0.1) is 11.8 Å². The summed E-state index contributed by atoms with van der Waals surface area (Å²) in [4.78, 5) is 34.3. The number of carbonyl (C=O) groups is 2. The fraction of sp³-hybridized carbons (Fsp3) is 0.714. The van der Waals surface area contributed by atoms with Gasteiger partial charge in [0.25, 0.3) is 11.8 Å². The zero-order valence-corrected chi connectivity index (χ0v) is 43.3. The fourth-order valence-electron chi connectivity index (χ4n) is 10.2. The van der Waals surface area contributed by atoms with Gasteiger partial charge in [-0.3, -0.25) is 9.59 Å². The molecule has 2 aromatic carbocycles. The number of hydrogen-bond acceptors (Lipinski definition) is 2. The highest BCUT2D eigenvalue weighted by atomic mass is 79.9. The number of nitrogens with zero attached hydrogens (tertiary/aromatic N) is 2. The molecule has 0 bridgehead atoms. The van der Waals surface area contributed by atoms with E-state index in [1.165, 1.54) is 180 Å². The molecule has 0 spiro atoms. The lowest BCUT2D eigenvalue weighted by atomic mass is 9.93. The van der Waals surface area contributed by atoms with Gasteiger partial charge in [0.05, 0.1) is 22.5 Å². The molecule has 2 aromatic rings. The zero-order valence-electron chi connectivity index (χ0n) is 40.1. The van der Waals surface area contributed by atoms with Crippen molar-refractivity contribution in [1.29, 1.82) is 0 Å². The van der Waals surface area contributed by atoms with E-state index in [9.17, 15) is 0 Å². The van der Waals surface area contributed by atoms with Crippen molar-refractivity contribution in [2.75, 3.05) is 22.9 Å². The fourth-order valence-corrected chi connectivity index (χ4v) is 10.9. The van der Waals surface area contributed by atoms with Crippen molar-refractivity contribution in [3.05, 3.63) is 56.5 Å². The number of amides is 2. The second kappa shape index (κ2) is 31.1. The molecule has 2 aliphatic heterocycles. The molecule has 6 heteroatoms. The summed E-state index contributed by atoms with van der Waals surface area (Å²) in [6.07, 6.45) is 41.1. The maximum absolute atomic E-state index is 15.1. The first-order valence-corrected chi connectivity index (χ1v) is 27.9. The number of rotatable bonds is 36. The molecule has 0 aromatic heterocycles. The molecule has 0 fully saturated rings. The number of benzene rings is 2. The van der Waals surface area contributed by atoms with E-state index in [2.05, 4.69) is 93.6 Å². The molecule has 0 unspecified atom stereocenters. The molecule has 2 amide bonds. The molecule has 0 N–H and O–H groups in total. The molecule has 2 heterocycles. The minimum atomic E-state index is 0.00334. The summed E-state index contributed by atoms with van der Waals surface area (Å²) in [6.45, 7) is 10.6. The highest BCUT2D eigenvalue weighted by Crippen LogP contribution is 2.48. The normalized spacial score (nSPS) is 15.8. The molecule has 2 aliphatic rings. The quantitative estimate of drug-likeness (QED) is 0.0504. The molecule has 62 heavy (non-hydrogen) atoms. The number of hydrogen-bond donors (Lipinski definition) is 0. The van der Waals surface area contributed by atoms with E-state index in [0.29, 0.717) is 36.1 Å². The zero-order chi connectivity index (χ0) is 44.4. The predicted octanol–water partition coefficient (Wildman–Crippen LogP) is 18.6. The Bertz CT molecular complexity index is 1500. The summed E-state index contributed by atoms with van der Waals surface area (Å²) in [5, 5.41) is 0. The Balaban J connectivity index is 1.57. The summed E-state index contributed by atoms with van der Waals surface area (Å²) in [5.74, 6) is 0.895. The molecule has 2 atom stereocenters. The smallest absolute Gasteiger partial charge is 0.259 e. The molecular formula is C56H88Br2N2O2. The van der Waals surface area contributed by atoms with Crippen LogP contribution in [-0.4, -0.2) is 24.9 Å². The summed E-state index contributed by atoms with van der Waals surface area (Å²) in [6, 6.07) is 12.5. The minimum Gasteiger partial charge on any atom is -0.307 e. The van der Waals surface area contributed by atoms with E-state index in [4.69, 9.17) is 0 Å². The van der Waals surface area contributed by atoms with Crippen molar-refractivity contribution in [2.24, 2.45) is 11.8 Å². The molecular weight excluding hydrogens is 892 g/mol. The number of fused-ring (bicyclic) bond motifs is 2. The lowest BCUT2D eigenvalue weighted by molar-refractivity contribution is -0.114. The van der Waals surface area contributed by atoms with Gasteiger partial charge in [-0.15, -0.1) is 0 Å². The van der Waals surface area contributed by atoms with Crippen LogP contribution in [0.2, 0.25) is 0 Å². The van der Waals surface area contributed by atoms with Crippen molar-refractivity contribution < 1.29 is 9.59 Å². The first-order valence-electron chi connectivity index (χ1n) is 26.3. The van der Waals surface area contributed by atoms with E-state index in [1.807, 2.05) is 12.1 Å². The maximum Gasteiger partial charge on any atom is 0.259 e. The molecule has 4 rings (SSSR count). The average Bonchev–Trinajstić information content (AvgIpc) is 3.68. The van der Waals surface area contributed by atoms with E-state index >= 15 is 9.59 Å². The second-order valence-electron chi connectivity index (χ2n) is 19.3. The highest BCUT2D eigenvalue weighted by Gasteiger charge is 2.43. The topological polar surface area (TPSA) is 40.6 Å². The van der Waals surface area contributed by atoms with Crippen LogP contribution in [0.4, 0.5) is 11.4 Å². The first-order chi connectivity index (χ1) is 30.3. The van der Waals surface area contributed by atoms with Gasteiger partial charge in [0, 0.05) is 33.2 Å². The second-order valence-corrected chi connectivity index (χ2v) is 21.1. The van der Waals surface area contributed by atoms with E-state index in [0.717, 1.165) is 57.1 Å². The summed E-state index contributed by atoms with van der Waals surface area (Å²) in [7, 11) is 0.